The van der Waals surface area contributed by atoms with Crippen molar-refractivity contribution in [3.63, 3.8) is 0 Å². The van der Waals surface area contributed by atoms with Gasteiger partial charge in [-0.25, -0.2) is 4.79 Å². The number of fused-ring (bicyclic) bond motifs is 1. The lowest BCUT2D eigenvalue weighted by molar-refractivity contribution is 0.0669. The van der Waals surface area contributed by atoms with E-state index in [0.717, 1.165) is 21.3 Å². The van der Waals surface area contributed by atoms with Gasteiger partial charge >= 0.3 is 6.03 Å². The van der Waals surface area contributed by atoms with Crippen molar-refractivity contribution < 1.29 is 9.59 Å². The van der Waals surface area contributed by atoms with Gasteiger partial charge in [-0.05, 0) is 36.2 Å². The molecule has 4 rings (SSSR count). The second-order valence-corrected chi connectivity index (χ2v) is 7.36. The zero-order valence-corrected chi connectivity index (χ0v) is 15.8. The van der Waals surface area contributed by atoms with Gasteiger partial charge in [-0.2, -0.15) is 4.37 Å². The van der Waals surface area contributed by atoms with Crippen LogP contribution in [0.4, 0.5) is 10.5 Å². The van der Waals surface area contributed by atoms with Crippen molar-refractivity contribution in [2.75, 3.05) is 31.5 Å². The molecular weight excluding hydrogens is 360 g/mol. The first-order chi connectivity index (χ1) is 13.1. The zero-order valence-electron chi connectivity index (χ0n) is 15.0. The Bertz CT molecular complexity index is 992. The van der Waals surface area contributed by atoms with E-state index >= 15 is 0 Å². The van der Waals surface area contributed by atoms with E-state index in [2.05, 4.69) is 9.69 Å². The molecule has 3 aromatic rings. The van der Waals surface area contributed by atoms with Gasteiger partial charge in [-0.15, -0.1) is 0 Å². The first kappa shape index (κ1) is 17.5. The summed E-state index contributed by atoms with van der Waals surface area (Å²) < 4.78 is 5.36. The molecule has 1 N–H and O–H groups in total. The Kier molecular flexibility index (Phi) is 4.77. The molecule has 1 saturated heterocycles. The fourth-order valence-electron chi connectivity index (χ4n) is 3.21. The minimum absolute atomic E-state index is 0.0635. The fourth-order valence-corrected chi connectivity index (χ4v) is 3.98. The maximum atomic E-state index is 12.8. The number of amides is 3. The van der Waals surface area contributed by atoms with Crippen LogP contribution in [0.5, 0.6) is 0 Å². The third kappa shape index (κ3) is 3.50. The molecule has 2 heterocycles. The van der Waals surface area contributed by atoms with Crippen LogP contribution in [0.1, 0.15) is 16.1 Å². The number of carbonyl (C=O) groups excluding carboxylic acids is 2. The summed E-state index contributed by atoms with van der Waals surface area (Å²) in [7, 11) is 0. The number of benzene rings is 2. The average molecular weight is 380 g/mol. The first-order valence-electron chi connectivity index (χ1n) is 8.89. The quantitative estimate of drug-likeness (QED) is 0.739. The van der Waals surface area contributed by atoms with E-state index in [9.17, 15) is 9.59 Å². The molecule has 27 heavy (non-hydrogen) atoms. The largest absolute Gasteiger partial charge is 0.334 e. The number of piperazine rings is 1. The van der Waals surface area contributed by atoms with Gasteiger partial charge < -0.3 is 15.1 Å². The van der Waals surface area contributed by atoms with Crippen LogP contribution in [0.3, 0.4) is 0 Å². The molecule has 6 nitrogen and oxygen atoms in total. The smallest absolute Gasteiger partial charge is 0.321 e. The summed E-state index contributed by atoms with van der Waals surface area (Å²) in [4.78, 5) is 28.9. The van der Waals surface area contributed by atoms with Crippen LogP contribution < -0.4 is 5.32 Å². The number of aromatic nitrogens is 1. The summed E-state index contributed by atoms with van der Waals surface area (Å²) in [5.74, 6) is -0.0635. The lowest BCUT2D eigenvalue weighted by atomic mass is 10.2. The van der Waals surface area contributed by atoms with Crippen LogP contribution >= 0.6 is 11.5 Å². The van der Waals surface area contributed by atoms with Crippen LogP contribution in [0.25, 0.3) is 10.1 Å². The molecule has 1 aliphatic rings. The normalized spacial score (nSPS) is 14.4. The summed E-state index contributed by atoms with van der Waals surface area (Å²) in [6.07, 6.45) is 0. The van der Waals surface area contributed by atoms with Gasteiger partial charge in [-0.3, -0.25) is 4.79 Å². The monoisotopic (exact) mass is 380 g/mol. The molecule has 1 fully saturated rings. The van der Waals surface area contributed by atoms with Crippen LogP contribution in [-0.2, 0) is 0 Å². The molecule has 1 aromatic heterocycles. The van der Waals surface area contributed by atoms with Crippen LogP contribution in [-0.4, -0.2) is 52.3 Å². The predicted molar refractivity (Wildman–Crippen MR) is 107 cm³/mol. The number of anilines is 1. The number of hydrogen-bond donors (Lipinski definition) is 1. The Morgan fingerprint density at radius 1 is 0.963 bits per heavy atom. The molecule has 1 aliphatic heterocycles. The van der Waals surface area contributed by atoms with Crippen molar-refractivity contribution in [3.05, 3.63) is 59.8 Å². The van der Waals surface area contributed by atoms with Crippen molar-refractivity contribution in [1.29, 1.82) is 0 Å². The minimum Gasteiger partial charge on any atom is -0.334 e. The molecule has 0 radical (unpaired) electrons. The van der Waals surface area contributed by atoms with Gasteiger partial charge in [0.15, 0.2) is 0 Å². The van der Waals surface area contributed by atoms with E-state index < -0.39 is 0 Å². The number of aryl methyl sites for hydroxylation is 1. The van der Waals surface area contributed by atoms with Crippen molar-refractivity contribution in [2.45, 2.75) is 6.92 Å². The van der Waals surface area contributed by atoms with Gasteiger partial charge in [0.1, 0.15) is 5.69 Å². The maximum absolute atomic E-state index is 12.8. The molecule has 0 unspecified atom stereocenters. The molecule has 7 heteroatoms. The van der Waals surface area contributed by atoms with Gasteiger partial charge in [0, 0.05) is 37.3 Å². The second-order valence-electron chi connectivity index (χ2n) is 6.55. The van der Waals surface area contributed by atoms with Gasteiger partial charge in [0.25, 0.3) is 5.91 Å². The third-order valence-electron chi connectivity index (χ3n) is 4.82. The summed E-state index contributed by atoms with van der Waals surface area (Å²) in [5, 5.41) is 3.84. The molecule has 3 amide bonds. The average Bonchev–Trinajstić information content (AvgIpc) is 3.13. The minimum atomic E-state index is -0.129. The number of carbonyl (C=O) groups is 2. The lowest BCUT2D eigenvalue weighted by Gasteiger charge is -2.34. The topological polar surface area (TPSA) is 65.5 Å². The molecule has 0 bridgehead atoms. The number of para-hydroxylation sites is 1. The third-order valence-corrected chi connectivity index (χ3v) is 5.65. The number of nitrogens with zero attached hydrogens (tertiary/aromatic N) is 3. The van der Waals surface area contributed by atoms with Crippen LogP contribution in [0.2, 0.25) is 0 Å². The zero-order chi connectivity index (χ0) is 18.8. The molecule has 138 valence electrons. The Hall–Kier alpha value is -2.93. The summed E-state index contributed by atoms with van der Waals surface area (Å²) in [5.41, 5.74) is 2.35. The van der Waals surface area contributed by atoms with E-state index in [4.69, 9.17) is 0 Å². The highest BCUT2D eigenvalue weighted by Gasteiger charge is 2.27. The van der Waals surface area contributed by atoms with E-state index in [1.54, 1.807) is 9.80 Å². The highest BCUT2D eigenvalue weighted by Crippen LogP contribution is 2.24. The Balaban J connectivity index is 1.39. The number of hydrogen-bond acceptors (Lipinski definition) is 4. The Morgan fingerprint density at radius 2 is 1.63 bits per heavy atom. The summed E-state index contributed by atoms with van der Waals surface area (Å²) in [6, 6.07) is 15.3. The van der Waals surface area contributed by atoms with E-state index in [-0.39, 0.29) is 11.9 Å². The van der Waals surface area contributed by atoms with Crippen molar-refractivity contribution in [1.82, 2.24) is 14.2 Å². The molecule has 0 aliphatic carbocycles. The van der Waals surface area contributed by atoms with Crippen molar-refractivity contribution in [3.8, 4) is 0 Å². The second kappa shape index (κ2) is 7.36. The lowest BCUT2D eigenvalue weighted by Crippen LogP contribution is -2.51. The Morgan fingerprint density at radius 3 is 2.41 bits per heavy atom. The first-order valence-corrected chi connectivity index (χ1v) is 9.66. The van der Waals surface area contributed by atoms with Crippen molar-refractivity contribution >= 4 is 39.2 Å². The van der Waals surface area contributed by atoms with Crippen LogP contribution in [0, 0.1) is 6.92 Å². The summed E-state index contributed by atoms with van der Waals surface area (Å²) >= 11 is 1.34. The van der Waals surface area contributed by atoms with Gasteiger partial charge in [0.05, 0.1) is 4.70 Å². The van der Waals surface area contributed by atoms with E-state index in [0.29, 0.717) is 31.9 Å². The van der Waals surface area contributed by atoms with E-state index in [1.165, 1.54) is 11.5 Å². The molecule has 0 atom stereocenters. The predicted octanol–water partition coefficient (Wildman–Crippen LogP) is 3.59. The number of nitrogens with one attached hydrogen (secondary N) is 1. The van der Waals surface area contributed by atoms with Gasteiger partial charge in [0.2, 0.25) is 0 Å². The SMILES string of the molecule is Cc1ccccc1NC(=O)N1CCN(C(=O)c2nsc3ccccc23)CC1. The highest BCUT2D eigenvalue weighted by atomic mass is 32.1. The molecule has 0 saturated carbocycles. The maximum Gasteiger partial charge on any atom is 0.321 e. The Labute approximate surface area is 161 Å². The fraction of sp³-hybridized carbons (Fsp3) is 0.250. The highest BCUT2D eigenvalue weighted by molar-refractivity contribution is 7.13. The van der Waals surface area contributed by atoms with Gasteiger partial charge in [-0.1, -0.05) is 36.4 Å². The molecular formula is C20H20N4O2S. The number of urea groups is 1. The van der Waals surface area contributed by atoms with Crippen molar-refractivity contribution in [2.24, 2.45) is 0 Å². The number of rotatable bonds is 2. The summed E-state index contributed by atoms with van der Waals surface area (Å²) in [6.45, 7) is 3.99. The van der Waals surface area contributed by atoms with E-state index in [1.807, 2.05) is 55.5 Å². The standard InChI is InChI=1S/C20H20N4O2S/c1-14-6-2-4-8-16(14)21-20(26)24-12-10-23(11-13-24)19(25)18-15-7-3-5-9-17(15)27-22-18/h2-9H,10-13H2,1H3,(H,21,26). The molecule has 0 spiro atoms. The molecule has 2 aromatic carbocycles. The van der Waals surface area contributed by atoms with Crippen LogP contribution in [0.15, 0.2) is 48.5 Å².